The lowest BCUT2D eigenvalue weighted by Gasteiger charge is -2.08. The number of nitrogens with zero attached hydrogens (tertiary/aromatic N) is 1. The Morgan fingerprint density at radius 3 is 2.88 bits per heavy atom. The zero-order chi connectivity index (χ0) is 12.5. The van der Waals surface area contributed by atoms with Gasteiger partial charge in [0.2, 0.25) is 5.88 Å². The van der Waals surface area contributed by atoms with E-state index in [1.54, 1.807) is 0 Å². The van der Waals surface area contributed by atoms with Crippen molar-refractivity contribution in [1.82, 2.24) is 15.5 Å². The molecule has 1 aromatic rings. The number of aromatic amines is 1. The third-order valence-corrected chi connectivity index (χ3v) is 2.14. The Labute approximate surface area is 94.3 Å². The lowest BCUT2D eigenvalue weighted by atomic mass is 10.3. The maximum absolute atomic E-state index is 11.9. The first kappa shape index (κ1) is 11.7. The predicted molar refractivity (Wildman–Crippen MR) is 50.6 cm³/mol. The zero-order valence-electron chi connectivity index (χ0n) is 8.67. The minimum absolute atomic E-state index is 0.0128. The number of H-pyrrole nitrogens is 1. The minimum atomic E-state index is -4.45. The molecule has 0 bridgehead atoms. The number of alkyl halides is 3. The number of nitrogens with one attached hydrogen (secondary N) is 2. The molecule has 0 aliphatic heterocycles. The van der Waals surface area contributed by atoms with Crippen molar-refractivity contribution in [3.8, 4) is 5.88 Å². The fourth-order valence-corrected chi connectivity index (χ4v) is 1.19. The molecule has 2 rings (SSSR count). The van der Waals surface area contributed by atoms with Crippen LogP contribution in [-0.2, 0) is 0 Å². The summed E-state index contributed by atoms with van der Waals surface area (Å²) in [6.07, 6.45) is -1.52. The second-order valence-electron chi connectivity index (χ2n) is 3.76. The summed E-state index contributed by atoms with van der Waals surface area (Å²) in [4.78, 5) is 11.6. The van der Waals surface area contributed by atoms with Gasteiger partial charge in [-0.3, -0.25) is 4.79 Å². The molecule has 0 atom stereocenters. The van der Waals surface area contributed by atoms with E-state index < -0.39 is 18.7 Å². The number of aromatic nitrogens is 2. The molecule has 1 aliphatic carbocycles. The minimum Gasteiger partial charge on any atom is -0.468 e. The zero-order valence-corrected chi connectivity index (χ0v) is 8.67. The van der Waals surface area contributed by atoms with E-state index >= 15 is 0 Å². The van der Waals surface area contributed by atoms with E-state index in [2.05, 4.69) is 20.3 Å². The molecule has 0 unspecified atom stereocenters. The van der Waals surface area contributed by atoms with Crippen molar-refractivity contribution in [2.24, 2.45) is 0 Å². The summed E-state index contributed by atoms with van der Waals surface area (Å²) in [5.74, 6) is -0.737. The number of amides is 1. The van der Waals surface area contributed by atoms with Crippen LogP contribution in [0.3, 0.4) is 0 Å². The quantitative estimate of drug-likeness (QED) is 0.843. The molecule has 1 aliphatic rings. The van der Waals surface area contributed by atoms with Gasteiger partial charge in [-0.2, -0.15) is 18.3 Å². The van der Waals surface area contributed by atoms with Gasteiger partial charge in [-0.05, 0) is 12.8 Å². The van der Waals surface area contributed by atoms with Gasteiger partial charge in [0.25, 0.3) is 5.91 Å². The molecule has 8 heteroatoms. The maximum Gasteiger partial charge on any atom is 0.422 e. The Hall–Kier alpha value is -1.73. The highest BCUT2D eigenvalue weighted by Gasteiger charge is 2.30. The van der Waals surface area contributed by atoms with Crippen molar-refractivity contribution in [1.29, 1.82) is 0 Å². The maximum atomic E-state index is 11.9. The van der Waals surface area contributed by atoms with E-state index in [1.807, 2.05) is 0 Å². The summed E-state index contributed by atoms with van der Waals surface area (Å²) in [6.45, 7) is -1.46. The summed E-state index contributed by atoms with van der Waals surface area (Å²) in [6, 6.07) is 0.118. The summed E-state index contributed by atoms with van der Waals surface area (Å²) >= 11 is 0. The molecule has 0 aromatic carbocycles. The van der Waals surface area contributed by atoms with Crippen molar-refractivity contribution in [2.45, 2.75) is 25.1 Å². The fourth-order valence-electron chi connectivity index (χ4n) is 1.19. The number of rotatable bonds is 4. The first-order valence-corrected chi connectivity index (χ1v) is 4.99. The van der Waals surface area contributed by atoms with Crippen LogP contribution in [0.2, 0.25) is 0 Å². The number of hydrogen-bond acceptors (Lipinski definition) is 3. The topological polar surface area (TPSA) is 67.0 Å². The standard InChI is InChI=1S/C9H10F3N3O2/c10-9(11,12)4-17-8-6(3-13-15-8)7(16)14-5-1-2-5/h3,5H,1-2,4H2,(H,13,15)(H,14,16). The highest BCUT2D eigenvalue weighted by molar-refractivity contribution is 5.96. The SMILES string of the molecule is O=C(NC1CC1)c1cn[nH]c1OCC(F)(F)F. The number of carbonyl (C=O) groups excluding carboxylic acids is 1. The van der Waals surface area contributed by atoms with Gasteiger partial charge < -0.3 is 10.1 Å². The van der Waals surface area contributed by atoms with Crippen molar-refractivity contribution >= 4 is 5.91 Å². The van der Waals surface area contributed by atoms with Crippen LogP contribution < -0.4 is 10.1 Å². The highest BCUT2D eigenvalue weighted by Crippen LogP contribution is 2.22. The van der Waals surface area contributed by atoms with Crippen LogP contribution in [0.15, 0.2) is 6.20 Å². The van der Waals surface area contributed by atoms with Crippen LogP contribution in [0.4, 0.5) is 13.2 Å². The predicted octanol–water partition coefficient (Wildman–Crippen LogP) is 1.24. The first-order chi connectivity index (χ1) is 7.96. The molecule has 5 nitrogen and oxygen atoms in total. The van der Waals surface area contributed by atoms with Gasteiger partial charge in [0.05, 0.1) is 6.20 Å². The van der Waals surface area contributed by atoms with Gasteiger partial charge in [-0.1, -0.05) is 0 Å². The largest absolute Gasteiger partial charge is 0.468 e. The normalized spacial score (nSPS) is 15.7. The number of halogens is 3. The Balaban J connectivity index is 1.97. The molecule has 1 amide bonds. The van der Waals surface area contributed by atoms with Crippen molar-refractivity contribution in [3.05, 3.63) is 11.8 Å². The summed E-state index contributed by atoms with van der Waals surface area (Å²) in [5, 5.41) is 8.35. The monoisotopic (exact) mass is 249 g/mol. The summed E-state index contributed by atoms with van der Waals surface area (Å²) in [5.41, 5.74) is -0.0128. The highest BCUT2D eigenvalue weighted by atomic mass is 19.4. The number of ether oxygens (including phenoxy) is 1. The summed E-state index contributed by atoms with van der Waals surface area (Å²) < 4.78 is 40.3. The molecular weight excluding hydrogens is 239 g/mol. The number of carbonyl (C=O) groups is 1. The Morgan fingerprint density at radius 2 is 2.29 bits per heavy atom. The van der Waals surface area contributed by atoms with E-state index in [-0.39, 0.29) is 17.5 Å². The van der Waals surface area contributed by atoms with Crippen molar-refractivity contribution < 1.29 is 22.7 Å². The molecular formula is C9H10F3N3O2. The molecule has 2 N–H and O–H groups in total. The van der Waals surface area contributed by atoms with Crippen molar-refractivity contribution in [3.63, 3.8) is 0 Å². The van der Waals surface area contributed by atoms with Crippen molar-refractivity contribution in [2.75, 3.05) is 6.61 Å². The van der Waals surface area contributed by atoms with E-state index in [4.69, 9.17) is 0 Å². The Morgan fingerprint density at radius 1 is 1.59 bits per heavy atom. The molecule has 0 radical (unpaired) electrons. The lowest BCUT2D eigenvalue weighted by Crippen LogP contribution is -2.26. The second kappa shape index (κ2) is 4.27. The molecule has 17 heavy (non-hydrogen) atoms. The van der Waals surface area contributed by atoms with Gasteiger partial charge in [-0.25, -0.2) is 5.10 Å². The Kier molecular flexibility index (Phi) is 2.95. The van der Waals surface area contributed by atoms with Gasteiger partial charge in [-0.15, -0.1) is 0 Å². The van der Waals surface area contributed by atoms with Crippen LogP contribution >= 0.6 is 0 Å². The lowest BCUT2D eigenvalue weighted by molar-refractivity contribution is -0.154. The van der Waals surface area contributed by atoms with Gasteiger partial charge >= 0.3 is 6.18 Å². The molecule has 1 heterocycles. The van der Waals surface area contributed by atoms with Gasteiger partial charge in [0, 0.05) is 6.04 Å². The van der Waals surface area contributed by atoms with Crippen LogP contribution in [0, 0.1) is 0 Å². The van der Waals surface area contributed by atoms with E-state index in [0.29, 0.717) is 0 Å². The van der Waals surface area contributed by atoms with Crippen LogP contribution in [0.5, 0.6) is 5.88 Å². The molecule has 0 spiro atoms. The third-order valence-electron chi connectivity index (χ3n) is 2.14. The Bertz CT molecular complexity index is 412. The smallest absolute Gasteiger partial charge is 0.422 e. The molecule has 1 saturated carbocycles. The van der Waals surface area contributed by atoms with Gasteiger partial charge in [0.15, 0.2) is 6.61 Å². The second-order valence-corrected chi connectivity index (χ2v) is 3.76. The average Bonchev–Trinajstić information content (AvgIpc) is 2.91. The molecule has 94 valence electrons. The third kappa shape index (κ3) is 3.36. The molecule has 1 aromatic heterocycles. The van der Waals surface area contributed by atoms with Crippen LogP contribution in [0.1, 0.15) is 23.2 Å². The van der Waals surface area contributed by atoms with Crippen LogP contribution in [-0.4, -0.2) is 34.9 Å². The molecule has 1 fully saturated rings. The van der Waals surface area contributed by atoms with Crippen LogP contribution in [0.25, 0.3) is 0 Å². The average molecular weight is 249 g/mol. The molecule has 0 saturated heterocycles. The first-order valence-electron chi connectivity index (χ1n) is 4.99. The number of hydrogen-bond donors (Lipinski definition) is 2. The van der Waals surface area contributed by atoms with E-state index in [9.17, 15) is 18.0 Å². The van der Waals surface area contributed by atoms with E-state index in [1.165, 1.54) is 0 Å². The summed E-state index contributed by atoms with van der Waals surface area (Å²) in [7, 11) is 0. The van der Waals surface area contributed by atoms with Gasteiger partial charge in [0.1, 0.15) is 5.56 Å². The fraction of sp³-hybridized carbons (Fsp3) is 0.556. The van der Waals surface area contributed by atoms with E-state index in [0.717, 1.165) is 19.0 Å².